The average molecular weight is 242 g/mol. The van der Waals surface area contributed by atoms with Crippen LogP contribution < -0.4 is 10.6 Å². The molecule has 96 valence electrons. The van der Waals surface area contributed by atoms with Crippen molar-refractivity contribution in [3.8, 4) is 0 Å². The molecular formula is C13H20F2N2. The highest BCUT2D eigenvalue weighted by molar-refractivity contribution is 5.18. The minimum atomic E-state index is -0.794. The van der Waals surface area contributed by atoms with Crippen molar-refractivity contribution in [1.82, 2.24) is 10.6 Å². The van der Waals surface area contributed by atoms with Crippen molar-refractivity contribution in [3.63, 3.8) is 0 Å². The van der Waals surface area contributed by atoms with E-state index in [0.29, 0.717) is 6.42 Å². The normalized spacial score (nSPS) is 11.8. The predicted molar refractivity (Wildman–Crippen MR) is 66.1 cm³/mol. The monoisotopic (exact) mass is 242 g/mol. The van der Waals surface area contributed by atoms with Crippen LogP contribution in [-0.2, 0) is 6.42 Å². The molecule has 0 aliphatic rings. The zero-order valence-corrected chi connectivity index (χ0v) is 10.6. The van der Waals surface area contributed by atoms with Gasteiger partial charge in [-0.15, -0.1) is 0 Å². The highest BCUT2D eigenvalue weighted by atomic mass is 19.2. The van der Waals surface area contributed by atoms with Gasteiger partial charge in [-0.2, -0.15) is 0 Å². The lowest BCUT2D eigenvalue weighted by atomic mass is 10.0. The fourth-order valence-corrected chi connectivity index (χ4v) is 1.74. The standard InChI is InChI=1S/C13H20F2N2/c1-13(2,9-16-3)17-7-6-10-4-5-11(14)12(15)8-10/h4-5,8,16-17H,6-7,9H2,1-3H3. The first kappa shape index (κ1) is 14.1. The molecule has 1 aromatic carbocycles. The van der Waals surface area contributed by atoms with Gasteiger partial charge >= 0.3 is 0 Å². The highest BCUT2D eigenvalue weighted by Gasteiger charge is 2.14. The number of benzene rings is 1. The van der Waals surface area contributed by atoms with Crippen LogP contribution in [0.15, 0.2) is 18.2 Å². The van der Waals surface area contributed by atoms with Crippen LogP contribution in [0.1, 0.15) is 19.4 Å². The van der Waals surface area contributed by atoms with E-state index >= 15 is 0 Å². The van der Waals surface area contributed by atoms with Crippen molar-refractivity contribution < 1.29 is 8.78 Å². The fourth-order valence-electron chi connectivity index (χ4n) is 1.74. The zero-order chi connectivity index (χ0) is 12.9. The van der Waals surface area contributed by atoms with E-state index in [-0.39, 0.29) is 5.54 Å². The number of likely N-dealkylation sites (N-methyl/N-ethyl adjacent to an activating group) is 1. The van der Waals surface area contributed by atoms with Crippen molar-refractivity contribution in [3.05, 3.63) is 35.4 Å². The fraction of sp³-hybridized carbons (Fsp3) is 0.538. The smallest absolute Gasteiger partial charge is 0.159 e. The van der Waals surface area contributed by atoms with E-state index in [1.54, 1.807) is 6.07 Å². The van der Waals surface area contributed by atoms with E-state index in [2.05, 4.69) is 24.5 Å². The van der Waals surface area contributed by atoms with Crippen LogP contribution in [0.3, 0.4) is 0 Å². The zero-order valence-electron chi connectivity index (χ0n) is 10.6. The summed E-state index contributed by atoms with van der Waals surface area (Å²) in [5.74, 6) is -1.57. The lowest BCUT2D eigenvalue weighted by Crippen LogP contribution is -2.47. The molecule has 0 aromatic heterocycles. The molecular weight excluding hydrogens is 222 g/mol. The molecule has 0 heterocycles. The lowest BCUT2D eigenvalue weighted by molar-refractivity contribution is 0.378. The first-order valence-electron chi connectivity index (χ1n) is 5.78. The van der Waals surface area contributed by atoms with Gasteiger partial charge in [0.05, 0.1) is 0 Å². The van der Waals surface area contributed by atoms with Crippen molar-refractivity contribution in [2.24, 2.45) is 0 Å². The van der Waals surface area contributed by atoms with Crippen LogP contribution in [0, 0.1) is 11.6 Å². The van der Waals surface area contributed by atoms with Gasteiger partial charge in [0.25, 0.3) is 0 Å². The van der Waals surface area contributed by atoms with Crippen LogP contribution in [0.25, 0.3) is 0 Å². The molecule has 4 heteroatoms. The summed E-state index contributed by atoms with van der Waals surface area (Å²) >= 11 is 0. The quantitative estimate of drug-likeness (QED) is 0.798. The van der Waals surface area contributed by atoms with Crippen molar-refractivity contribution in [2.75, 3.05) is 20.1 Å². The van der Waals surface area contributed by atoms with Gasteiger partial charge in [0.15, 0.2) is 11.6 Å². The summed E-state index contributed by atoms with van der Waals surface area (Å²) in [6.45, 7) is 5.77. The van der Waals surface area contributed by atoms with Crippen LogP contribution >= 0.6 is 0 Å². The summed E-state index contributed by atoms with van der Waals surface area (Å²) in [5, 5.41) is 6.46. The van der Waals surface area contributed by atoms with E-state index in [4.69, 9.17) is 0 Å². The molecule has 0 amide bonds. The summed E-state index contributed by atoms with van der Waals surface area (Å²) < 4.78 is 25.7. The van der Waals surface area contributed by atoms with Gasteiger partial charge in [0, 0.05) is 12.1 Å². The Morgan fingerprint density at radius 2 is 1.88 bits per heavy atom. The molecule has 0 fully saturated rings. The second-order valence-electron chi connectivity index (χ2n) is 4.84. The molecule has 1 aromatic rings. The van der Waals surface area contributed by atoms with Crippen LogP contribution in [0.4, 0.5) is 8.78 Å². The van der Waals surface area contributed by atoms with Crippen LogP contribution in [0.2, 0.25) is 0 Å². The average Bonchev–Trinajstić information content (AvgIpc) is 2.23. The Morgan fingerprint density at radius 3 is 2.47 bits per heavy atom. The van der Waals surface area contributed by atoms with E-state index < -0.39 is 11.6 Å². The van der Waals surface area contributed by atoms with Gasteiger partial charge in [-0.3, -0.25) is 0 Å². The van der Waals surface area contributed by atoms with Gasteiger partial charge < -0.3 is 10.6 Å². The Labute approximate surface area is 101 Å². The minimum absolute atomic E-state index is 0.00662. The maximum absolute atomic E-state index is 13.0. The van der Waals surface area contributed by atoms with E-state index in [1.807, 2.05) is 7.05 Å². The molecule has 2 N–H and O–H groups in total. The Hall–Kier alpha value is -1.00. The second-order valence-corrected chi connectivity index (χ2v) is 4.84. The molecule has 0 bridgehead atoms. The SMILES string of the molecule is CNCC(C)(C)NCCc1ccc(F)c(F)c1. The Bertz CT molecular complexity index is 364. The van der Waals surface area contributed by atoms with Crippen molar-refractivity contribution in [1.29, 1.82) is 0 Å². The number of halogens is 2. The maximum Gasteiger partial charge on any atom is 0.159 e. The highest BCUT2D eigenvalue weighted by Crippen LogP contribution is 2.09. The Morgan fingerprint density at radius 1 is 1.18 bits per heavy atom. The van der Waals surface area contributed by atoms with Gasteiger partial charge in [0.1, 0.15) is 0 Å². The minimum Gasteiger partial charge on any atom is -0.318 e. The maximum atomic E-state index is 13.0. The summed E-state index contributed by atoms with van der Waals surface area (Å²) in [4.78, 5) is 0. The molecule has 0 aliphatic heterocycles. The number of hydrogen-bond donors (Lipinski definition) is 2. The van der Waals surface area contributed by atoms with E-state index in [1.165, 1.54) is 12.1 Å². The molecule has 17 heavy (non-hydrogen) atoms. The molecule has 0 aliphatic carbocycles. The molecule has 0 spiro atoms. The molecule has 2 nitrogen and oxygen atoms in total. The van der Waals surface area contributed by atoms with Crippen LogP contribution in [-0.4, -0.2) is 25.7 Å². The third-order valence-electron chi connectivity index (χ3n) is 2.62. The van der Waals surface area contributed by atoms with E-state index in [9.17, 15) is 8.78 Å². The van der Waals surface area contributed by atoms with E-state index in [0.717, 1.165) is 18.7 Å². The first-order valence-corrected chi connectivity index (χ1v) is 5.78. The molecule has 0 radical (unpaired) electrons. The summed E-state index contributed by atoms with van der Waals surface area (Å²) in [6.07, 6.45) is 0.685. The lowest BCUT2D eigenvalue weighted by Gasteiger charge is -2.26. The molecule has 1 rings (SSSR count). The molecule has 0 saturated heterocycles. The molecule has 0 unspecified atom stereocenters. The van der Waals surface area contributed by atoms with Crippen molar-refractivity contribution in [2.45, 2.75) is 25.8 Å². The Balaban J connectivity index is 2.43. The summed E-state index contributed by atoms with van der Waals surface area (Å²) in [5.41, 5.74) is 0.796. The van der Waals surface area contributed by atoms with Crippen molar-refractivity contribution >= 4 is 0 Å². The third-order valence-corrected chi connectivity index (χ3v) is 2.62. The number of nitrogens with one attached hydrogen (secondary N) is 2. The number of hydrogen-bond acceptors (Lipinski definition) is 2. The Kier molecular flexibility index (Phi) is 5.02. The third kappa shape index (κ3) is 4.79. The summed E-state index contributed by atoms with van der Waals surface area (Å²) in [6, 6.07) is 4.04. The first-order chi connectivity index (χ1) is 7.94. The van der Waals surface area contributed by atoms with Gasteiger partial charge in [0.2, 0.25) is 0 Å². The molecule has 0 atom stereocenters. The van der Waals surface area contributed by atoms with Gasteiger partial charge in [-0.25, -0.2) is 8.78 Å². The van der Waals surface area contributed by atoms with Gasteiger partial charge in [-0.05, 0) is 51.6 Å². The number of rotatable bonds is 6. The predicted octanol–water partition coefficient (Wildman–Crippen LogP) is 2.09. The molecule has 0 saturated carbocycles. The second kappa shape index (κ2) is 6.07. The topological polar surface area (TPSA) is 24.1 Å². The van der Waals surface area contributed by atoms with Gasteiger partial charge in [-0.1, -0.05) is 6.07 Å². The van der Waals surface area contributed by atoms with Crippen LogP contribution in [0.5, 0.6) is 0 Å². The largest absolute Gasteiger partial charge is 0.318 e. The summed E-state index contributed by atoms with van der Waals surface area (Å²) in [7, 11) is 1.90.